The monoisotopic (exact) mass is 533 g/mol. The van der Waals surface area contributed by atoms with Gasteiger partial charge in [-0.1, -0.05) is 18.2 Å². The van der Waals surface area contributed by atoms with Crippen LogP contribution in [0.3, 0.4) is 0 Å². The number of nitrogens with one attached hydrogen (secondary N) is 2. The number of likely N-dealkylation sites (N-methyl/N-ethyl adjacent to an activating group) is 1. The van der Waals surface area contributed by atoms with Gasteiger partial charge in [0, 0.05) is 35.9 Å². The number of nitrogens with zero attached hydrogens (tertiary/aromatic N) is 3. The van der Waals surface area contributed by atoms with Crippen molar-refractivity contribution in [2.24, 2.45) is 0 Å². The number of thiocarbonyl (C=S) groups is 1. The van der Waals surface area contributed by atoms with Crippen LogP contribution in [0.1, 0.15) is 49.7 Å². The lowest BCUT2D eigenvalue weighted by Crippen LogP contribution is -2.42. The molecule has 0 amide bonds. The second-order valence-electron chi connectivity index (χ2n) is 10.2. The van der Waals surface area contributed by atoms with E-state index in [2.05, 4.69) is 76.9 Å². The fraction of sp³-hybridized carbons (Fsp3) is 0.286. The Morgan fingerprint density at radius 2 is 1.81 bits per heavy atom. The lowest BCUT2D eigenvalue weighted by molar-refractivity contribution is 0.566. The second kappa shape index (κ2) is 9.15. The molecule has 3 heterocycles. The first-order valence-corrected chi connectivity index (χ1v) is 14.4. The topological polar surface area (TPSA) is 77.6 Å². The summed E-state index contributed by atoms with van der Waals surface area (Å²) >= 11 is 5.85. The van der Waals surface area contributed by atoms with Crippen LogP contribution in [0.4, 0.5) is 17.1 Å². The number of benzene rings is 2. The largest absolute Gasteiger partial charge is 0.366 e. The number of rotatable bonds is 5. The van der Waals surface area contributed by atoms with E-state index in [0.29, 0.717) is 10.8 Å². The van der Waals surface area contributed by atoms with Crippen LogP contribution in [0, 0.1) is 0 Å². The van der Waals surface area contributed by atoms with Gasteiger partial charge in [-0.05, 0) is 92.7 Å². The van der Waals surface area contributed by atoms with Gasteiger partial charge in [0.2, 0.25) is 10.0 Å². The molecule has 2 aromatic carbocycles. The number of aromatic nitrogens is 1. The summed E-state index contributed by atoms with van der Waals surface area (Å²) in [6, 6.07) is 19.5. The molecule has 37 heavy (non-hydrogen) atoms. The van der Waals surface area contributed by atoms with Gasteiger partial charge in [0.25, 0.3) is 0 Å². The first-order valence-electron chi connectivity index (χ1n) is 12.1. The predicted molar refractivity (Wildman–Crippen MR) is 155 cm³/mol. The Morgan fingerprint density at radius 1 is 1.08 bits per heavy atom. The van der Waals surface area contributed by atoms with Gasteiger partial charge >= 0.3 is 0 Å². The SMILES string of the molecule is CC1=CC(C)(C)N(C)c2ccc([C@H]3[C@H](c4ccccn4)NC(=S)N3c3ccc(NS(C)(=O)=O)cc3)cc21. The molecule has 7 nitrogen and oxygen atoms in total. The van der Waals surface area contributed by atoms with Crippen molar-refractivity contribution in [3.8, 4) is 0 Å². The lowest BCUT2D eigenvalue weighted by Gasteiger charge is -2.41. The zero-order valence-electron chi connectivity index (χ0n) is 21.6. The summed E-state index contributed by atoms with van der Waals surface area (Å²) in [5, 5.41) is 4.08. The van der Waals surface area contributed by atoms with Crippen LogP contribution in [-0.4, -0.2) is 37.4 Å². The third kappa shape index (κ3) is 4.81. The molecule has 1 fully saturated rings. The molecule has 192 valence electrons. The number of hydrogen-bond donors (Lipinski definition) is 2. The van der Waals surface area contributed by atoms with Gasteiger partial charge in [-0.3, -0.25) is 9.71 Å². The molecule has 5 rings (SSSR count). The van der Waals surface area contributed by atoms with Crippen LogP contribution in [-0.2, 0) is 10.0 Å². The summed E-state index contributed by atoms with van der Waals surface area (Å²) in [6.45, 7) is 6.60. The molecule has 3 aromatic rings. The van der Waals surface area contributed by atoms with Gasteiger partial charge in [0.1, 0.15) is 0 Å². The molecule has 2 aliphatic rings. The second-order valence-corrected chi connectivity index (χ2v) is 12.4. The van der Waals surface area contributed by atoms with Crippen LogP contribution < -0.4 is 19.8 Å². The summed E-state index contributed by atoms with van der Waals surface area (Å²) in [5.41, 5.74) is 6.94. The van der Waals surface area contributed by atoms with Crippen molar-refractivity contribution in [3.05, 3.63) is 89.8 Å². The van der Waals surface area contributed by atoms with E-state index < -0.39 is 10.0 Å². The van der Waals surface area contributed by atoms with Crippen LogP contribution >= 0.6 is 12.2 Å². The first kappa shape index (κ1) is 25.2. The highest BCUT2D eigenvalue weighted by molar-refractivity contribution is 7.92. The van der Waals surface area contributed by atoms with Gasteiger partial charge < -0.3 is 15.1 Å². The molecule has 0 unspecified atom stereocenters. The standard InChI is InChI=1S/C28H31N5O2S2/c1-18-17-28(2,3)32(4)24-14-9-19(16-22(18)24)26-25(23-8-6-7-15-29-23)30-27(36)33(26)21-12-10-20(11-13-21)31-37(5,34)35/h6-17,25-26,31H,1-5H3,(H,30,36)/t25-,26-/m0/s1. The summed E-state index contributed by atoms with van der Waals surface area (Å²) in [4.78, 5) is 9.04. The number of hydrogen-bond acceptors (Lipinski definition) is 5. The molecule has 9 heteroatoms. The van der Waals surface area contributed by atoms with Crippen molar-refractivity contribution in [2.45, 2.75) is 38.4 Å². The van der Waals surface area contributed by atoms with Gasteiger partial charge in [-0.2, -0.15) is 0 Å². The van der Waals surface area contributed by atoms with Gasteiger partial charge in [0.05, 0.1) is 29.6 Å². The van der Waals surface area contributed by atoms with E-state index in [9.17, 15) is 8.42 Å². The molecule has 1 aromatic heterocycles. The van der Waals surface area contributed by atoms with Crippen LogP contribution in [0.15, 0.2) is 72.9 Å². The third-order valence-corrected chi connectivity index (χ3v) is 8.05. The van der Waals surface area contributed by atoms with Crippen LogP contribution in [0.2, 0.25) is 0 Å². The molecule has 2 N–H and O–H groups in total. The highest BCUT2D eigenvalue weighted by atomic mass is 32.2. The number of anilines is 3. The summed E-state index contributed by atoms with van der Waals surface area (Å²) in [7, 11) is -1.24. The van der Waals surface area contributed by atoms with Crippen molar-refractivity contribution in [2.75, 3.05) is 27.8 Å². The van der Waals surface area contributed by atoms with E-state index in [1.165, 1.54) is 16.8 Å². The smallest absolute Gasteiger partial charge is 0.229 e. The zero-order chi connectivity index (χ0) is 26.5. The van der Waals surface area contributed by atoms with Crippen molar-refractivity contribution < 1.29 is 8.42 Å². The highest BCUT2D eigenvalue weighted by Gasteiger charge is 2.41. The fourth-order valence-electron chi connectivity index (χ4n) is 5.24. The Kier molecular flexibility index (Phi) is 6.24. The summed E-state index contributed by atoms with van der Waals surface area (Å²) in [5.74, 6) is 0. The van der Waals surface area contributed by atoms with E-state index >= 15 is 0 Å². The van der Waals surface area contributed by atoms with E-state index in [1.807, 2.05) is 30.3 Å². The number of sulfonamides is 1. The molecule has 0 radical (unpaired) electrons. The molecular formula is C28H31N5O2S2. The van der Waals surface area contributed by atoms with Crippen molar-refractivity contribution in [1.82, 2.24) is 10.3 Å². The average Bonchev–Trinajstić information content (AvgIpc) is 3.19. The Hall–Kier alpha value is -3.43. The van der Waals surface area contributed by atoms with Gasteiger partial charge in [0.15, 0.2) is 5.11 Å². The maximum Gasteiger partial charge on any atom is 0.229 e. The Bertz CT molecular complexity index is 1480. The Labute approximate surface area is 224 Å². The molecule has 2 aliphatic heterocycles. The van der Waals surface area contributed by atoms with E-state index in [4.69, 9.17) is 12.2 Å². The van der Waals surface area contributed by atoms with E-state index in [1.54, 1.807) is 18.3 Å². The van der Waals surface area contributed by atoms with Crippen molar-refractivity contribution in [3.63, 3.8) is 0 Å². The van der Waals surface area contributed by atoms with Crippen molar-refractivity contribution >= 4 is 50.0 Å². The van der Waals surface area contributed by atoms with Crippen LogP contribution in [0.25, 0.3) is 5.57 Å². The predicted octanol–water partition coefficient (Wildman–Crippen LogP) is 5.26. The third-order valence-electron chi connectivity index (χ3n) is 7.13. The molecule has 0 saturated carbocycles. The number of fused-ring (bicyclic) bond motifs is 1. The van der Waals surface area contributed by atoms with E-state index in [0.717, 1.165) is 23.2 Å². The normalized spacial score (nSPS) is 20.8. The summed E-state index contributed by atoms with van der Waals surface area (Å²) < 4.78 is 25.9. The molecule has 1 saturated heterocycles. The molecular weight excluding hydrogens is 502 g/mol. The maximum absolute atomic E-state index is 11.7. The molecule has 0 spiro atoms. The fourth-order valence-corrected chi connectivity index (χ4v) is 6.15. The van der Waals surface area contributed by atoms with Crippen LogP contribution in [0.5, 0.6) is 0 Å². The minimum atomic E-state index is -3.36. The first-order chi connectivity index (χ1) is 17.4. The molecule has 0 bridgehead atoms. The average molecular weight is 534 g/mol. The number of pyridine rings is 1. The minimum absolute atomic E-state index is 0.0701. The van der Waals surface area contributed by atoms with Crippen molar-refractivity contribution in [1.29, 1.82) is 0 Å². The Morgan fingerprint density at radius 3 is 2.46 bits per heavy atom. The highest BCUT2D eigenvalue weighted by Crippen LogP contribution is 2.45. The van der Waals surface area contributed by atoms with Gasteiger partial charge in [-0.15, -0.1) is 0 Å². The minimum Gasteiger partial charge on any atom is -0.366 e. The lowest BCUT2D eigenvalue weighted by atomic mass is 9.86. The maximum atomic E-state index is 11.7. The number of allylic oxidation sites excluding steroid dienone is 1. The molecule has 0 aliphatic carbocycles. The van der Waals surface area contributed by atoms with E-state index in [-0.39, 0.29) is 17.6 Å². The van der Waals surface area contributed by atoms with Gasteiger partial charge in [-0.25, -0.2) is 8.42 Å². The zero-order valence-corrected chi connectivity index (χ0v) is 23.2. The molecule has 2 atom stereocenters. The quantitative estimate of drug-likeness (QED) is 0.433. The summed E-state index contributed by atoms with van der Waals surface area (Å²) in [6.07, 6.45) is 5.24. The Balaban J connectivity index is 1.61.